The zero-order valence-electron chi connectivity index (χ0n) is 18.5. The molecule has 11 heteroatoms. The molecule has 0 aromatic heterocycles. The van der Waals surface area contributed by atoms with E-state index in [2.05, 4.69) is 4.72 Å². The Morgan fingerprint density at radius 3 is 2.12 bits per heavy atom. The number of esters is 1. The minimum atomic E-state index is -3.82. The van der Waals surface area contributed by atoms with Crippen molar-refractivity contribution in [2.75, 3.05) is 37.0 Å². The van der Waals surface area contributed by atoms with Crippen LogP contribution in [0.2, 0.25) is 0 Å². The number of ether oxygens (including phenoxy) is 1. The van der Waals surface area contributed by atoms with Gasteiger partial charge in [0.05, 0.1) is 27.9 Å². The Kier molecular flexibility index (Phi) is 7.31. The van der Waals surface area contributed by atoms with Gasteiger partial charge in [-0.3, -0.25) is 4.79 Å². The molecule has 34 heavy (non-hydrogen) atoms. The van der Waals surface area contributed by atoms with E-state index in [0.29, 0.717) is 5.82 Å². The molecule has 3 rings (SSSR count). The molecule has 0 saturated carbocycles. The molecule has 1 N–H and O–H groups in total. The molecule has 0 fully saturated rings. The number of carbonyl (C=O) groups is 2. The first kappa shape index (κ1) is 24.5. The van der Waals surface area contributed by atoms with Gasteiger partial charge in [0.15, 0.2) is 6.61 Å². The highest BCUT2D eigenvalue weighted by molar-refractivity contribution is 7.89. The average Bonchev–Trinajstić information content (AvgIpc) is 3.08. The van der Waals surface area contributed by atoms with Crippen molar-refractivity contribution in [1.29, 1.82) is 10.5 Å². The van der Waals surface area contributed by atoms with Gasteiger partial charge in [0.25, 0.3) is 0 Å². The van der Waals surface area contributed by atoms with Crippen molar-refractivity contribution in [1.82, 2.24) is 4.72 Å². The van der Waals surface area contributed by atoms with E-state index >= 15 is 0 Å². The topological polar surface area (TPSA) is 144 Å². The van der Waals surface area contributed by atoms with Gasteiger partial charge < -0.3 is 14.5 Å². The van der Waals surface area contributed by atoms with E-state index in [-0.39, 0.29) is 29.0 Å². The first-order chi connectivity index (χ1) is 16.2. The second-order valence-electron chi connectivity index (χ2n) is 7.25. The summed E-state index contributed by atoms with van der Waals surface area (Å²) in [6.45, 7) is -0.685. The number of anilines is 2. The van der Waals surface area contributed by atoms with E-state index < -0.39 is 28.4 Å². The summed E-state index contributed by atoms with van der Waals surface area (Å²) in [5.74, 6) is -1.13. The summed E-state index contributed by atoms with van der Waals surface area (Å²) >= 11 is 0. The third kappa shape index (κ3) is 4.91. The molecule has 0 amide bonds. The molecule has 1 heterocycles. The number of hydrogen-bond donors (Lipinski definition) is 1. The van der Waals surface area contributed by atoms with Gasteiger partial charge in [-0.25, -0.2) is 17.9 Å². The summed E-state index contributed by atoms with van der Waals surface area (Å²) in [7, 11) is -0.346. The van der Waals surface area contributed by atoms with Crippen LogP contribution in [0.3, 0.4) is 0 Å². The Labute approximate surface area is 197 Å². The maximum atomic E-state index is 12.7. The molecule has 0 spiro atoms. The molecule has 0 atom stereocenters. The Bertz CT molecular complexity index is 1310. The van der Waals surface area contributed by atoms with Gasteiger partial charge in [0.2, 0.25) is 15.8 Å². The lowest BCUT2D eigenvalue weighted by atomic mass is 10.2. The second-order valence-corrected chi connectivity index (χ2v) is 9.01. The van der Waals surface area contributed by atoms with Gasteiger partial charge in [0, 0.05) is 27.1 Å². The SMILES string of the molecule is CN1C(=C(C#N)C(=O)COC(=O)c2ccc(S(=O)(=O)NCCC#N)cc2)N(C)c2ccccc21. The highest BCUT2D eigenvalue weighted by Gasteiger charge is 2.31. The Hall–Kier alpha value is -4.19. The van der Waals surface area contributed by atoms with Gasteiger partial charge in [-0.05, 0) is 36.4 Å². The molecule has 0 bridgehead atoms. The summed E-state index contributed by atoms with van der Waals surface area (Å²) in [5.41, 5.74) is 1.54. The van der Waals surface area contributed by atoms with E-state index in [9.17, 15) is 23.3 Å². The zero-order chi connectivity index (χ0) is 24.9. The van der Waals surface area contributed by atoms with Crippen molar-refractivity contribution in [3.05, 3.63) is 65.5 Å². The monoisotopic (exact) mass is 479 g/mol. The van der Waals surface area contributed by atoms with Crippen LogP contribution in [0, 0.1) is 22.7 Å². The largest absolute Gasteiger partial charge is 0.454 e. The number of rotatable bonds is 8. The molecule has 174 valence electrons. The van der Waals surface area contributed by atoms with Crippen molar-refractivity contribution >= 4 is 33.2 Å². The quantitative estimate of drug-likeness (QED) is 0.260. The maximum absolute atomic E-state index is 12.7. The normalized spacial score (nSPS) is 12.5. The maximum Gasteiger partial charge on any atom is 0.338 e. The van der Waals surface area contributed by atoms with Gasteiger partial charge in [0.1, 0.15) is 17.5 Å². The van der Waals surface area contributed by atoms with Crippen LogP contribution in [0.5, 0.6) is 0 Å². The van der Waals surface area contributed by atoms with E-state index in [1.54, 1.807) is 23.9 Å². The van der Waals surface area contributed by atoms with Crippen LogP contribution in [0.25, 0.3) is 0 Å². The molecule has 0 unspecified atom stereocenters. The molecular weight excluding hydrogens is 458 g/mol. The predicted molar refractivity (Wildman–Crippen MR) is 123 cm³/mol. The standard InChI is InChI=1S/C23H21N5O5S/c1-27-19-6-3-4-7-20(19)28(2)22(27)18(14-25)21(29)15-33-23(30)16-8-10-17(11-9-16)34(31,32)26-13-5-12-24/h3-4,6-11,26H,5,13,15H2,1-2H3. The van der Waals surface area contributed by atoms with Crippen molar-refractivity contribution in [3.8, 4) is 12.1 Å². The summed E-state index contributed by atoms with van der Waals surface area (Å²) in [4.78, 5) is 28.5. The van der Waals surface area contributed by atoms with Crippen LogP contribution in [-0.4, -0.2) is 47.4 Å². The van der Waals surface area contributed by atoms with Gasteiger partial charge in [-0.15, -0.1) is 0 Å². The zero-order valence-corrected chi connectivity index (χ0v) is 19.3. The highest BCUT2D eigenvalue weighted by atomic mass is 32.2. The van der Waals surface area contributed by atoms with E-state index in [4.69, 9.17) is 10.00 Å². The fourth-order valence-electron chi connectivity index (χ4n) is 3.44. The minimum absolute atomic E-state index is 0.0240. The lowest BCUT2D eigenvalue weighted by Crippen LogP contribution is -2.28. The molecule has 10 nitrogen and oxygen atoms in total. The second kappa shape index (κ2) is 10.2. The molecule has 2 aromatic carbocycles. The highest BCUT2D eigenvalue weighted by Crippen LogP contribution is 2.40. The van der Waals surface area contributed by atoms with Crippen LogP contribution >= 0.6 is 0 Å². The van der Waals surface area contributed by atoms with Crippen molar-refractivity contribution in [2.45, 2.75) is 11.3 Å². The average molecular weight is 480 g/mol. The van der Waals surface area contributed by atoms with E-state index in [1.165, 1.54) is 24.3 Å². The van der Waals surface area contributed by atoms with Crippen LogP contribution in [-0.2, 0) is 19.6 Å². The number of fused-ring (bicyclic) bond motifs is 1. The molecule has 2 aromatic rings. The van der Waals surface area contributed by atoms with Crippen LogP contribution in [0.15, 0.2) is 64.8 Å². The summed E-state index contributed by atoms with van der Waals surface area (Å²) < 4.78 is 31.6. The number of nitrogens with one attached hydrogen (secondary N) is 1. The number of nitriles is 2. The molecule has 1 aliphatic rings. The summed E-state index contributed by atoms with van der Waals surface area (Å²) in [6.07, 6.45) is 0.0240. The molecule has 1 aliphatic heterocycles. The van der Waals surface area contributed by atoms with Crippen molar-refractivity contribution < 1.29 is 22.7 Å². The number of ketones is 1. The number of benzene rings is 2. The molecule has 0 saturated heterocycles. The number of carbonyl (C=O) groups excluding carboxylic acids is 2. The number of Topliss-reactive ketones (excluding diaryl/α,β-unsaturated/α-hetero) is 1. The Morgan fingerprint density at radius 1 is 1.00 bits per heavy atom. The first-order valence-corrected chi connectivity index (χ1v) is 11.6. The van der Waals surface area contributed by atoms with E-state index in [1.807, 2.05) is 36.4 Å². The van der Waals surface area contributed by atoms with Gasteiger partial charge in [-0.2, -0.15) is 10.5 Å². The molecule has 0 aliphatic carbocycles. The predicted octanol–water partition coefficient (Wildman–Crippen LogP) is 1.93. The van der Waals surface area contributed by atoms with Crippen molar-refractivity contribution in [2.24, 2.45) is 0 Å². The Morgan fingerprint density at radius 2 is 1.59 bits per heavy atom. The van der Waals surface area contributed by atoms with E-state index in [0.717, 1.165) is 11.4 Å². The van der Waals surface area contributed by atoms with Gasteiger partial charge in [-0.1, -0.05) is 12.1 Å². The van der Waals surface area contributed by atoms with Crippen LogP contribution in [0.1, 0.15) is 16.8 Å². The summed E-state index contributed by atoms with van der Waals surface area (Å²) in [5, 5.41) is 18.1. The summed E-state index contributed by atoms with van der Waals surface area (Å²) in [6, 6.07) is 16.1. The fraction of sp³-hybridized carbons (Fsp3) is 0.217. The molecule has 0 radical (unpaired) electrons. The first-order valence-electron chi connectivity index (χ1n) is 10.1. The number of para-hydroxylation sites is 2. The lowest BCUT2D eigenvalue weighted by Gasteiger charge is -2.19. The fourth-order valence-corrected chi connectivity index (χ4v) is 4.47. The van der Waals surface area contributed by atoms with Crippen LogP contribution < -0.4 is 14.5 Å². The Balaban J connectivity index is 1.69. The number of hydrogen-bond acceptors (Lipinski definition) is 9. The third-order valence-electron chi connectivity index (χ3n) is 5.12. The lowest BCUT2D eigenvalue weighted by molar-refractivity contribution is -0.118. The van der Waals surface area contributed by atoms with Gasteiger partial charge >= 0.3 is 5.97 Å². The minimum Gasteiger partial charge on any atom is -0.454 e. The third-order valence-corrected chi connectivity index (χ3v) is 6.59. The smallest absolute Gasteiger partial charge is 0.338 e. The number of sulfonamides is 1. The molecular formula is C23H21N5O5S. The van der Waals surface area contributed by atoms with Crippen LogP contribution in [0.4, 0.5) is 11.4 Å². The number of nitrogens with zero attached hydrogens (tertiary/aromatic N) is 4. The van der Waals surface area contributed by atoms with Crippen molar-refractivity contribution in [3.63, 3.8) is 0 Å².